The molecular formula is C19H24FNO4. The molecule has 136 valence electrons. The maximum absolute atomic E-state index is 13.6. The molecule has 6 heteroatoms. The van der Waals surface area contributed by atoms with Gasteiger partial charge in [0.2, 0.25) is 0 Å². The second kappa shape index (κ2) is 8.65. The Kier molecular flexibility index (Phi) is 6.56. The van der Waals surface area contributed by atoms with Crippen molar-refractivity contribution < 1.29 is 23.5 Å². The summed E-state index contributed by atoms with van der Waals surface area (Å²) in [4.78, 5) is 25.8. The monoisotopic (exact) mass is 349 g/mol. The topological polar surface area (TPSA) is 55.8 Å². The number of rotatable bonds is 5. The molecule has 2 atom stereocenters. The van der Waals surface area contributed by atoms with E-state index in [2.05, 4.69) is 0 Å². The highest BCUT2D eigenvalue weighted by molar-refractivity contribution is 5.89. The number of ether oxygens (including phenoxy) is 2. The third-order valence-corrected chi connectivity index (χ3v) is 4.41. The van der Waals surface area contributed by atoms with E-state index in [1.54, 1.807) is 11.0 Å². The molecule has 0 aliphatic carbocycles. The Balaban J connectivity index is 1.87. The zero-order valence-electron chi connectivity index (χ0n) is 14.8. The molecule has 1 aliphatic rings. The van der Waals surface area contributed by atoms with Crippen molar-refractivity contribution >= 4 is 18.0 Å². The van der Waals surface area contributed by atoms with Crippen molar-refractivity contribution in [3.63, 3.8) is 0 Å². The lowest BCUT2D eigenvalue weighted by molar-refractivity contribution is -0.151. The molecule has 5 nitrogen and oxygen atoms in total. The summed E-state index contributed by atoms with van der Waals surface area (Å²) < 4.78 is 23.4. The smallest absolute Gasteiger partial charge is 0.331 e. The van der Waals surface area contributed by atoms with Gasteiger partial charge in [-0.2, -0.15) is 0 Å². The molecule has 2 rings (SSSR count). The molecule has 0 spiro atoms. The molecule has 1 amide bonds. The van der Waals surface area contributed by atoms with Crippen LogP contribution in [0.3, 0.4) is 0 Å². The first-order chi connectivity index (χ1) is 11.9. The van der Waals surface area contributed by atoms with Crippen molar-refractivity contribution in [3.05, 3.63) is 35.7 Å². The van der Waals surface area contributed by atoms with Crippen LogP contribution < -0.4 is 4.74 Å². The Bertz CT molecular complexity index is 649. The van der Waals surface area contributed by atoms with Crippen molar-refractivity contribution in [1.29, 1.82) is 0 Å². The predicted octanol–water partition coefficient (Wildman–Crippen LogP) is 3.18. The lowest BCUT2D eigenvalue weighted by atomic mass is 9.97. The molecule has 1 aromatic carbocycles. The maximum atomic E-state index is 13.6. The van der Waals surface area contributed by atoms with Crippen molar-refractivity contribution in [1.82, 2.24) is 4.90 Å². The number of amides is 1. The first kappa shape index (κ1) is 19.0. The standard InChI is InChI=1S/C19H24FNO4/c1-13-5-4-6-14(2)21(13)18(22)12-25-19(23)10-8-15-7-9-17(24-3)16(20)11-15/h7-11,13-14H,4-6,12H2,1-3H3/b10-8+/t13-,14-/m0/s1. The van der Waals surface area contributed by atoms with E-state index in [-0.39, 0.29) is 30.3 Å². The summed E-state index contributed by atoms with van der Waals surface area (Å²) in [5.41, 5.74) is 0.500. The van der Waals surface area contributed by atoms with E-state index < -0.39 is 11.8 Å². The molecule has 1 saturated heterocycles. The minimum Gasteiger partial charge on any atom is -0.494 e. The van der Waals surface area contributed by atoms with Crippen LogP contribution in [-0.2, 0) is 14.3 Å². The Morgan fingerprint density at radius 1 is 1.28 bits per heavy atom. The Morgan fingerprint density at radius 3 is 2.56 bits per heavy atom. The van der Waals surface area contributed by atoms with Crippen LogP contribution in [0.5, 0.6) is 5.75 Å². The quantitative estimate of drug-likeness (QED) is 0.605. The summed E-state index contributed by atoms with van der Waals surface area (Å²) in [6.07, 6.45) is 5.64. The molecule has 0 radical (unpaired) electrons. The van der Waals surface area contributed by atoms with Crippen molar-refractivity contribution in [2.24, 2.45) is 0 Å². The first-order valence-corrected chi connectivity index (χ1v) is 8.42. The van der Waals surface area contributed by atoms with Gasteiger partial charge in [0, 0.05) is 18.2 Å². The van der Waals surface area contributed by atoms with Gasteiger partial charge in [-0.3, -0.25) is 4.79 Å². The van der Waals surface area contributed by atoms with E-state index in [9.17, 15) is 14.0 Å². The number of carbonyl (C=O) groups excluding carboxylic acids is 2. The average Bonchev–Trinajstić information content (AvgIpc) is 2.58. The lowest BCUT2D eigenvalue weighted by Gasteiger charge is -2.38. The van der Waals surface area contributed by atoms with E-state index in [1.165, 1.54) is 31.4 Å². The van der Waals surface area contributed by atoms with Gasteiger partial charge in [0.1, 0.15) is 0 Å². The van der Waals surface area contributed by atoms with Gasteiger partial charge in [0.05, 0.1) is 7.11 Å². The fourth-order valence-electron chi connectivity index (χ4n) is 3.12. The number of hydrogen-bond donors (Lipinski definition) is 0. The van der Waals surface area contributed by atoms with Crippen LogP contribution in [0.1, 0.15) is 38.7 Å². The van der Waals surface area contributed by atoms with Gasteiger partial charge in [-0.25, -0.2) is 9.18 Å². The number of hydrogen-bond acceptors (Lipinski definition) is 4. The largest absolute Gasteiger partial charge is 0.494 e. The Labute approximate surface area is 147 Å². The van der Waals surface area contributed by atoms with Gasteiger partial charge >= 0.3 is 5.97 Å². The minimum atomic E-state index is -0.637. The molecule has 1 heterocycles. The Hall–Kier alpha value is -2.37. The number of nitrogens with zero attached hydrogens (tertiary/aromatic N) is 1. The zero-order valence-corrected chi connectivity index (χ0v) is 14.8. The van der Waals surface area contributed by atoms with E-state index in [4.69, 9.17) is 9.47 Å². The summed E-state index contributed by atoms with van der Waals surface area (Å²) in [6, 6.07) is 4.67. The SMILES string of the molecule is COc1ccc(/C=C/C(=O)OCC(=O)N2[C@@H](C)CCC[C@@H]2C)cc1F. The van der Waals surface area contributed by atoms with Crippen LogP contribution in [0.4, 0.5) is 4.39 Å². The number of halogens is 1. The molecule has 1 fully saturated rings. The Morgan fingerprint density at radius 2 is 1.96 bits per heavy atom. The fraction of sp³-hybridized carbons (Fsp3) is 0.474. The maximum Gasteiger partial charge on any atom is 0.331 e. The number of piperidine rings is 1. The molecule has 25 heavy (non-hydrogen) atoms. The number of carbonyl (C=O) groups is 2. The van der Waals surface area contributed by atoms with Crippen LogP contribution in [0.2, 0.25) is 0 Å². The van der Waals surface area contributed by atoms with Gasteiger partial charge in [0.15, 0.2) is 18.2 Å². The number of benzene rings is 1. The average molecular weight is 349 g/mol. The van der Waals surface area contributed by atoms with Crippen LogP contribution in [0.15, 0.2) is 24.3 Å². The summed E-state index contributed by atoms with van der Waals surface area (Å²) in [5.74, 6) is -1.20. The molecule has 1 aromatic rings. The second-order valence-corrected chi connectivity index (χ2v) is 6.26. The third kappa shape index (κ3) is 5.05. The predicted molar refractivity (Wildman–Crippen MR) is 92.6 cm³/mol. The molecule has 0 aromatic heterocycles. The minimum absolute atomic E-state index is 0.134. The van der Waals surface area contributed by atoms with Gasteiger partial charge in [-0.15, -0.1) is 0 Å². The summed E-state index contributed by atoms with van der Waals surface area (Å²) in [5, 5.41) is 0. The fourth-order valence-corrected chi connectivity index (χ4v) is 3.12. The number of methoxy groups -OCH3 is 1. The highest BCUT2D eigenvalue weighted by atomic mass is 19.1. The van der Waals surface area contributed by atoms with E-state index in [0.29, 0.717) is 5.56 Å². The summed E-state index contributed by atoms with van der Waals surface area (Å²) in [7, 11) is 1.38. The highest BCUT2D eigenvalue weighted by Crippen LogP contribution is 2.22. The van der Waals surface area contributed by atoms with E-state index in [0.717, 1.165) is 19.3 Å². The van der Waals surface area contributed by atoms with Crippen LogP contribution >= 0.6 is 0 Å². The molecule has 0 saturated carbocycles. The molecule has 0 unspecified atom stereocenters. The second-order valence-electron chi connectivity index (χ2n) is 6.26. The van der Waals surface area contributed by atoms with Crippen LogP contribution in [0.25, 0.3) is 6.08 Å². The number of likely N-dealkylation sites (tertiary alicyclic amines) is 1. The van der Waals surface area contributed by atoms with Gasteiger partial charge in [0.25, 0.3) is 5.91 Å². The lowest BCUT2D eigenvalue weighted by Crippen LogP contribution is -2.49. The summed E-state index contributed by atoms with van der Waals surface area (Å²) in [6.45, 7) is 3.73. The van der Waals surface area contributed by atoms with Gasteiger partial charge in [-0.1, -0.05) is 6.07 Å². The van der Waals surface area contributed by atoms with Gasteiger partial charge in [-0.05, 0) is 56.9 Å². The van der Waals surface area contributed by atoms with Crippen molar-refractivity contribution in [3.8, 4) is 5.75 Å². The number of esters is 1. The normalized spacial score (nSPS) is 20.6. The molecular weight excluding hydrogens is 325 g/mol. The first-order valence-electron chi connectivity index (χ1n) is 8.42. The molecule has 0 bridgehead atoms. The van der Waals surface area contributed by atoms with E-state index >= 15 is 0 Å². The zero-order chi connectivity index (χ0) is 18.4. The summed E-state index contributed by atoms with van der Waals surface area (Å²) >= 11 is 0. The van der Waals surface area contributed by atoms with Crippen molar-refractivity contribution in [2.75, 3.05) is 13.7 Å². The van der Waals surface area contributed by atoms with Crippen LogP contribution in [-0.4, -0.2) is 42.6 Å². The molecule has 1 aliphatic heterocycles. The van der Waals surface area contributed by atoms with Crippen LogP contribution in [0, 0.1) is 5.82 Å². The van der Waals surface area contributed by atoms with E-state index in [1.807, 2.05) is 13.8 Å². The third-order valence-electron chi connectivity index (χ3n) is 4.41. The van der Waals surface area contributed by atoms with Gasteiger partial charge < -0.3 is 14.4 Å². The van der Waals surface area contributed by atoms with Crippen molar-refractivity contribution in [2.45, 2.75) is 45.2 Å². The highest BCUT2D eigenvalue weighted by Gasteiger charge is 2.29. The molecule has 0 N–H and O–H groups in total.